The zero-order valence-electron chi connectivity index (χ0n) is 4.33. The van der Waals surface area contributed by atoms with Crippen molar-refractivity contribution in [2.75, 3.05) is 0 Å². The van der Waals surface area contributed by atoms with Gasteiger partial charge in [-0.05, 0) is 0 Å². The third-order valence-electron chi connectivity index (χ3n) is 0.751. The highest BCUT2D eigenvalue weighted by Gasteiger charge is 2.04. The Kier molecular flexibility index (Phi) is 1.41. The van der Waals surface area contributed by atoms with Crippen molar-refractivity contribution in [1.82, 2.24) is 20.9 Å². The molecule has 0 aliphatic heterocycles. The summed E-state index contributed by atoms with van der Waals surface area (Å²) < 4.78 is 0. The molecule has 0 radical (unpaired) electrons. The van der Waals surface area contributed by atoms with Crippen LogP contribution in [0.15, 0.2) is 6.20 Å². The van der Waals surface area contributed by atoms with E-state index >= 15 is 0 Å². The second-order valence-corrected chi connectivity index (χ2v) is 1.30. The fraction of sp³-hybridized carbons (Fsp3) is 0. The van der Waals surface area contributed by atoms with E-state index in [1.54, 1.807) is 0 Å². The number of carbonyl (C=O) groups is 1. The third kappa shape index (κ3) is 1.03. The Morgan fingerprint density at radius 3 is 3.11 bits per heavy atom. The number of hydrogen-bond acceptors (Lipinski definition) is 4. The zero-order chi connectivity index (χ0) is 6.69. The molecule has 0 fully saturated rings. The fourth-order valence-electron chi connectivity index (χ4n) is 0.370. The molecule has 0 aromatic carbocycles. The number of nitrogens with one attached hydrogen (secondary N) is 2. The molecule has 1 rings (SSSR count). The molecule has 48 valence electrons. The van der Waals surface area contributed by atoms with Crippen LogP contribution in [0.1, 0.15) is 10.5 Å². The molecule has 0 aliphatic rings. The first-order chi connectivity index (χ1) is 4.34. The van der Waals surface area contributed by atoms with Crippen LogP contribution in [0.2, 0.25) is 0 Å². The van der Waals surface area contributed by atoms with Gasteiger partial charge >= 0.3 is 0 Å². The summed E-state index contributed by atoms with van der Waals surface area (Å²) in [4.78, 5) is 10.4. The van der Waals surface area contributed by atoms with E-state index in [4.69, 9.17) is 5.21 Å². The molecule has 1 heterocycles. The van der Waals surface area contributed by atoms with Crippen molar-refractivity contribution >= 4 is 5.91 Å². The minimum atomic E-state index is -0.677. The van der Waals surface area contributed by atoms with Crippen molar-refractivity contribution in [3.05, 3.63) is 11.9 Å². The summed E-state index contributed by atoms with van der Waals surface area (Å²) in [6.07, 6.45) is 1.27. The Morgan fingerprint density at radius 2 is 2.67 bits per heavy atom. The number of aromatic amines is 1. The van der Waals surface area contributed by atoms with E-state index in [1.807, 2.05) is 0 Å². The summed E-state index contributed by atoms with van der Waals surface area (Å²) in [5, 5.41) is 16.9. The lowest BCUT2D eigenvalue weighted by Crippen LogP contribution is -2.18. The van der Waals surface area contributed by atoms with Gasteiger partial charge in [-0.25, -0.2) is 5.48 Å². The number of hydrogen-bond donors (Lipinski definition) is 3. The van der Waals surface area contributed by atoms with Crippen molar-refractivity contribution in [1.29, 1.82) is 0 Å². The second-order valence-electron chi connectivity index (χ2n) is 1.30. The lowest BCUT2D eigenvalue weighted by atomic mass is 10.5. The van der Waals surface area contributed by atoms with Crippen LogP contribution >= 0.6 is 0 Å². The number of hydroxylamine groups is 1. The van der Waals surface area contributed by atoms with E-state index in [-0.39, 0.29) is 5.69 Å². The number of carbonyl (C=O) groups excluding carboxylic acids is 1. The van der Waals surface area contributed by atoms with Gasteiger partial charge in [-0.15, -0.1) is 5.10 Å². The lowest BCUT2D eigenvalue weighted by Gasteiger charge is -1.86. The van der Waals surface area contributed by atoms with Gasteiger partial charge in [0.1, 0.15) is 0 Å². The third-order valence-corrected chi connectivity index (χ3v) is 0.751. The van der Waals surface area contributed by atoms with Gasteiger partial charge in [0.05, 0.1) is 6.20 Å². The molecule has 6 nitrogen and oxygen atoms in total. The van der Waals surface area contributed by atoms with E-state index in [2.05, 4.69) is 15.4 Å². The standard InChI is InChI=1S/C3H4N4O2/c8-3(6-9)2-1-4-7-5-2/h1,9H,(H,6,8)(H,4,5,7). The number of aromatic nitrogens is 3. The number of rotatable bonds is 1. The van der Waals surface area contributed by atoms with Crippen molar-refractivity contribution in [2.45, 2.75) is 0 Å². The Morgan fingerprint density at radius 1 is 1.89 bits per heavy atom. The fourth-order valence-corrected chi connectivity index (χ4v) is 0.370. The summed E-state index contributed by atoms with van der Waals surface area (Å²) in [5.41, 5.74) is 1.46. The molecule has 1 aromatic rings. The Labute approximate surface area is 49.8 Å². The summed E-state index contributed by atoms with van der Waals surface area (Å²) in [7, 11) is 0. The monoisotopic (exact) mass is 128 g/mol. The first-order valence-corrected chi connectivity index (χ1v) is 2.15. The average molecular weight is 128 g/mol. The molecular formula is C3H4N4O2. The van der Waals surface area contributed by atoms with Gasteiger partial charge in [0.2, 0.25) is 0 Å². The van der Waals surface area contributed by atoms with Gasteiger partial charge in [0.25, 0.3) is 5.91 Å². The minimum absolute atomic E-state index is 0.0532. The molecule has 0 atom stereocenters. The molecular weight excluding hydrogens is 124 g/mol. The van der Waals surface area contributed by atoms with Gasteiger partial charge in [0, 0.05) is 0 Å². The van der Waals surface area contributed by atoms with Crippen LogP contribution in [0.4, 0.5) is 0 Å². The molecule has 3 N–H and O–H groups in total. The van der Waals surface area contributed by atoms with Crippen LogP contribution in [0.3, 0.4) is 0 Å². The van der Waals surface area contributed by atoms with Gasteiger partial charge < -0.3 is 0 Å². The first-order valence-electron chi connectivity index (χ1n) is 2.15. The number of nitrogens with zero attached hydrogens (tertiary/aromatic N) is 2. The predicted octanol–water partition coefficient (Wildman–Crippen LogP) is -1.08. The van der Waals surface area contributed by atoms with Gasteiger partial charge in [0.15, 0.2) is 5.69 Å². The molecule has 0 aliphatic carbocycles. The van der Waals surface area contributed by atoms with Crippen LogP contribution in [-0.4, -0.2) is 26.5 Å². The van der Waals surface area contributed by atoms with Crippen molar-refractivity contribution in [3.63, 3.8) is 0 Å². The Balaban J connectivity index is 2.77. The van der Waals surface area contributed by atoms with Crippen LogP contribution in [0.25, 0.3) is 0 Å². The Hall–Kier alpha value is -1.43. The summed E-state index contributed by atoms with van der Waals surface area (Å²) >= 11 is 0. The highest BCUT2D eigenvalue weighted by molar-refractivity contribution is 5.90. The molecule has 9 heavy (non-hydrogen) atoms. The molecule has 0 unspecified atom stereocenters. The highest BCUT2D eigenvalue weighted by atomic mass is 16.5. The van der Waals surface area contributed by atoms with Crippen molar-refractivity contribution in [3.8, 4) is 0 Å². The van der Waals surface area contributed by atoms with Crippen LogP contribution in [-0.2, 0) is 0 Å². The maximum atomic E-state index is 10.4. The topological polar surface area (TPSA) is 90.9 Å². The van der Waals surface area contributed by atoms with E-state index in [9.17, 15) is 4.79 Å². The minimum Gasteiger partial charge on any atom is -0.288 e. The maximum absolute atomic E-state index is 10.4. The molecule has 1 amide bonds. The zero-order valence-corrected chi connectivity index (χ0v) is 4.33. The molecule has 0 saturated carbocycles. The van der Waals surface area contributed by atoms with Gasteiger partial charge in [-0.3, -0.25) is 15.1 Å². The lowest BCUT2D eigenvalue weighted by molar-refractivity contribution is 0.0700. The molecule has 0 spiro atoms. The summed E-state index contributed by atoms with van der Waals surface area (Å²) in [5.74, 6) is -0.677. The molecule has 0 bridgehead atoms. The largest absolute Gasteiger partial charge is 0.296 e. The number of amides is 1. The smallest absolute Gasteiger partial charge is 0.288 e. The van der Waals surface area contributed by atoms with Gasteiger partial charge in [-0.2, -0.15) is 0 Å². The van der Waals surface area contributed by atoms with Crippen LogP contribution < -0.4 is 5.48 Å². The SMILES string of the molecule is O=C(NO)c1c[nH]nn1. The highest BCUT2D eigenvalue weighted by Crippen LogP contribution is 1.84. The quantitative estimate of drug-likeness (QED) is 0.331. The molecule has 1 aromatic heterocycles. The van der Waals surface area contributed by atoms with E-state index in [1.165, 1.54) is 11.7 Å². The summed E-state index contributed by atoms with van der Waals surface area (Å²) in [6.45, 7) is 0. The number of H-pyrrole nitrogens is 1. The van der Waals surface area contributed by atoms with Crippen LogP contribution in [0.5, 0.6) is 0 Å². The summed E-state index contributed by atoms with van der Waals surface area (Å²) in [6, 6.07) is 0. The van der Waals surface area contributed by atoms with E-state index in [0.29, 0.717) is 0 Å². The van der Waals surface area contributed by atoms with E-state index in [0.717, 1.165) is 0 Å². The molecule has 6 heteroatoms. The van der Waals surface area contributed by atoms with Crippen LogP contribution in [0, 0.1) is 0 Å². The van der Waals surface area contributed by atoms with E-state index < -0.39 is 5.91 Å². The van der Waals surface area contributed by atoms with Gasteiger partial charge in [-0.1, -0.05) is 5.21 Å². The van der Waals surface area contributed by atoms with Crippen molar-refractivity contribution < 1.29 is 10.0 Å². The first kappa shape index (κ1) is 5.70. The van der Waals surface area contributed by atoms with Crippen molar-refractivity contribution in [2.24, 2.45) is 0 Å². The average Bonchev–Trinajstić information content (AvgIpc) is 2.37. The predicted molar refractivity (Wildman–Crippen MR) is 25.6 cm³/mol. The molecule has 0 saturated heterocycles. The normalized spacial score (nSPS) is 9.00. The Bertz CT molecular complexity index is 194. The second kappa shape index (κ2) is 2.23. The maximum Gasteiger partial charge on any atom is 0.296 e.